The number of hydrogen-bond acceptors (Lipinski definition) is 5. The van der Waals surface area contributed by atoms with Gasteiger partial charge < -0.3 is 19.2 Å². The summed E-state index contributed by atoms with van der Waals surface area (Å²) in [5, 5.41) is 0. The summed E-state index contributed by atoms with van der Waals surface area (Å²) in [6.45, 7) is 0. The highest BCUT2D eigenvalue weighted by molar-refractivity contribution is 9.10. The third kappa shape index (κ3) is 2.82. The van der Waals surface area contributed by atoms with Gasteiger partial charge in [-0.3, -0.25) is 0 Å². The van der Waals surface area contributed by atoms with E-state index >= 15 is 0 Å². The van der Waals surface area contributed by atoms with Crippen LogP contribution in [0.25, 0.3) is 22.4 Å². The number of aromatic amines is 1. The molecule has 0 unspecified atom stereocenters. The molecule has 1 aromatic heterocycles. The van der Waals surface area contributed by atoms with Crippen molar-refractivity contribution in [3.8, 4) is 22.9 Å². The van der Waals surface area contributed by atoms with Gasteiger partial charge in [-0.2, -0.15) is 0 Å². The van der Waals surface area contributed by atoms with Gasteiger partial charge in [0.25, 0.3) is 0 Å². The molecule has 124 valence electrons. The van der Waals surface area contributed by atoms with Crippen LogP contribution < -0.4 is 9.47 Å². The van der Waals surface area contributed by atoms with Crippen molar-refractivity contribution in [3.63, 3.8) is 0 Å². The molecule has 0 aliphatic heterocycles. The largest absolute Gasteiger partial charge is 0.493 e. The van der Waals surface area contributed by atoms with Crippen molar-refractivity contribution in [2.75, 3.05) is 21.3 Å². The zero-order valence-corrected chi connectivity index (χ0v) is 14.9. The summed E-state index contributed by atoms with van der Waals surface area (Å²) in [5.41, 5.74) is 2.80. The average molecular weight is 391 g/mol. The van der Waals surface area contributed by atoms with Gasteiger partial charge in [0.05, 0.1) is 42.4 Å². The van der Waals surface area contributed by atoms with Crippen LogP contribution in [0.3, 0.4) is 0 Å². The van der Waals surface area contributed by atoms with Gasteiger partial charge in [-0.05, 0) is 46.3 Å². The number of esters is 1. The molecule has 0 amide bonds. The molecule has 0 aliphatic rings. The minimum absolute atomic E-state index is 0.387. The average Bonchev–Trinajstić information content (AvgIpc) is 3.03. The predicted octanol–water partition coefficient (Wildman–Crippen LogP) is 3.80. The Hall–Kier alpha value is -2.54. The molecule has 3 aromatic rings. The molecule has 3 rings (SSSR count). The highest BCUT2D eigenvalue weighted by Crippen LogP contribution is 2.39. The molecule has 0 bridgehead atoms. The van der Waals surface area contributed by atoms with E-state index in [1.165, 1.54) is 7.11 Å². The highest BCUT2D eigenvalue weighted by Gasteiger charge is 2.15. The van der Waals surface area contributed by atoms with Crippen molar-refractivity contribution < 1.29 is 19.0 Å². The topological polar surface area (TPSA) is 73.4 Å². The fourth-order valence-corrected chi connectivity index (χ4v) is 3.05. The molecule has 1 heterocycles. The fraction of sp³-hybridized carbons (Fsp3) is 0.176. The minimum Gasteiger partial charge on any atom is -0.493 e. The summed E-state index contributed by atoms with van der Waals surface area (Å²) in [4.78, 5) is 19.4. The Kier molecular flexibility index (Phi) is 4.44. The molecule has 0 radical (unpaired) electrons. The lowest BCUT2D eigenvalue weighted by atomic mass is 10.2. The Balaban J connectivity index is 2.09. The second-order valence-corrected chi connectivity index (χ2v) is 5.86. The number of fused-ring (bicyclic) bond motifs is 1. The van der Waals surface area contributed by atoms with Gasteiger partial charge in [-0.1, -0.05) is 0 Å². The number of nitrogens with zero attached hydrogens (tertiary/aromatic N) is 1. The minimum atomic E-state index is -0.387. The zero-order valence-electron chi connectivity index (χ0n) is 13.3. The Labute approximate surface area is 146 Å². The lowest BCUT2D eigenvalue weighted by Crippen LogP contribution is -2.00. The monoisotopic (exact) mass is 390 g/mol. The molecule has 0 atom stereocenters. The molecule has 2 aromatic carbocycles. The van der Waals surface area contributed by atoms with Crippen molar-refractivity contribution in [3.05, 3.63) is 40.4 Å². The number of ether oxygens (including phenoxy) is 3. The number of aromatic nitrogens is 2. The number of carbonyl (C=O) groups excluding carboxylic acids is 1. The zero-order chi connectivity index (χ0) is 17.3. The van der Waals surface area contributed by atoms with Crippen molar-refractivity contribution in [1.82, 2.24) is 9.97 Å². The first-order valence-electron chi connectivity index (χ1n) is 7.07. The Morgan fingerprint density at radius 3 is 2.58 bits per heavy atom. The van der Waals surface area contributed by atoms with Crippen molar-refractivity contribution in [2.45, 2.75) is 0 Å². The van der Waals surface area contributed by atoms with E-state index in [0.717, 1.165) is 21.1 Å². The number of imidazole rings is 1. The van der Waals surface area contributed by atoms with Gasteiger partial charge in [-0.25, -0.2) is 9.78 Å². The highest BCUT2D eigenvalue weighted by atomic mass is 79.9. The number of rotatable bonds is 4. The number of nitrogens with one attached hydrogen (secondary N) is 1. The maximum absolute atomic E-state index is 11.6. The van der Waals surface area contributed by atoms with Gasteiger partial charge in [0.15, 0.2) is 11.5 Å². The first-order chi connectivity index (χ1) is 11.6. The first kappa shape index (κ1) is 16.3. The fourth-order valence-electron chi connectivity index (χ4n) is 2.45. The quantitative estimate of drug-likeness (QED) is 0.685. The summed E-state index contributed by atoms with van der Waals surface area (Å²) in [6, 6.07) is 8.90. The van der Waals surface area contributed by atoms with Crippen LogP contribution in [0.2, 0.25) is 0 Å². The van der Waals surface area contributed by atoms with Crippen LogP contribution in [0.4, 0.5) is 0 Å². The van der Waals surface area contributed by atoms with Crippen LogP contribution >= 0.6 is 15.9 Å². The maximum atomic E-state index is 11.6. The van der Waals surface area contributed by atoms with Crippen molar-refractivity contribution >= 4 is 32.9 Å². The van der Waals surface area contributed by atoms with Crippen LogP contribution in [-0.4, -0.2) is 37.3 Å². The number of methoxy groups -OCH3 is 3. The van der Waals surface area contributed by atoms with E-state index in [-0.39, 0.29) is 5.97 Å². The molecule has 0 aliphatic carbocycles. The molecule has 0 spiro atoms. The van der Waals surface area contributed by atoms with E-state index in [1.807, 2.05) is 12.1 Å². The number of H-pyrrole nitrogens is 1. The van der Waals surface area contributed by atoms with Gasteiger partial charge in [0, 0.05) is 5.56 Å². The van der Waals surface area contributed by atoms with Crippen LogP contribution in [0.5, 0.6) is 11.5 Å². The molecule has 0 saturated heterocycles. The SMILES string of the molecule is COC(=O)c1ccc2nc(-c3cc(Br)c(OC)c(OC)c3)[nH]c2c1. The first-order valence-corrected chi connectivity index (χ1v) is 7.86. The lowest BCUT2D eigenvalue weighted by molar-refractivity contribution is 0.0601. The summed E-state index contributed by atoms with van der Waals surface area (Å²) < 4.78 is 16.2. The summed E-state index contributed by atoms with van der Waals surface area (Å²) in [5.74, 6) is 1.48. The summed E-state index contributed by atoms with van der Waals surface area (Å²) in [6.07, 6.45) is 0. The van der Waals surface area contributed by atoms with E-state index in [2.05, 4.69) is 25.9 Å². The molecular formula is C17H15BrN2O4. The normalized spacial score (nSPS) is 10.7. The molecule has 1 N–H and O–H groups in total. The van der Waals surface area contributed by atoms with Crippen molar-refractivity contribution in [2.24, 2.45) is 0 Å². The van der Waals surface area contributed by atoms with Crippen molar-refractivity contribution in [1.29, 1.82) is 0 Å². The van der Waals surface area contributed by atoms with E-state index in [4.69, 9.17) is 14.2 Å². The van der Waals surface area contributed by atoms with Crippen LogP contribution in [0.1, 0.15) is 10.4 Å². The number of carbonyl (C=O) groups is 1. The van der Waals surface area contributed by atoms with E-state index in [1.54, 1.807) is 32.4 Å². The Morgan fingerprint density at radius 2 is 1.92 bits per heavy atom. The number of halogens is 1. The lowest BCUT2D eigenvalue weighted by Gasteiger charge is -2.10. The Morgan fingerprint density at radius 1 is 1.12 bits per heavy atom. The van der Waals surface area contributed by atoms with Gasteiger partial charge in [-0.15, -0.1) is 0 Å². The van der Waals surface area contributed by atoms with E-state index in [0.29, 0.717) is 22.9 Å². The second-order valence-electron chi connectivity index (χ2n) is 5.00. The third-order valence-corrected chi connectivity index (χ3v) is 4.20. The summed E-state index contributed by atoms with van der Waals surface area (Å²) >= 11 is 3.47. The number of hydrogen-bond donors (Lipinski definition) is 1. The van der Waals surface area contributed by atoms with E-state index in [9.17, 15) is 4.79 Å². The molecule has 0 saturated carbocycles. The van der Waals surface area contributed by atoms with E-state index < -0.39 is 0 Å². The molecular weight excluding hydrogens is 376 g/mol. The second kappa shape index (κ2) is 6.52. The molecule has 24 heavy (non-hydrogen) atoms. The third-order valence-electron chi connectivity index (χ3n) is 3.61. The van der Waals surface area contributed by atoms with Crippen LogP contribution in [0.15, 0.2) is 34.8 Å². The van der Waals surface area contributed by atoms with Crippen LogP contribution in [0, 0.1) is 0 Å². The van der Waals surface area contributed by atoms with Gasteiger partial charge >= 0.3 is 5.97 Å². The molecule has 7 heteroatoms. The Bertz CT molecular complexity index is 920. The van der Waals surface area contributed by atoms with Crippen LogP contribution in [-0.2, 0) is 4.74 Å². The number of benzene rings is 2. The summed E-state index contributed by atoms with van der Waals surface area (Å²) in [7, 11) is 4.51. The molecule has 0 fully saturated rings. The smallest absolute Gasteiger partial charge is 0.337 e. The van der Waals surface area contributed by atoms with Gasteiger partial charge in [0.1, 0.15) is 5.82 Å². The predicted molar refractivity (Wildman–Crippen MR) is 93.7 cm³/mol. The van der Waals surface area contributed by atoms with Gasteiger partial charge in [0.2, 0.25) is 0 Å². The molecule has 6 nitrogen and oxygen atoms in total. The maximum Gasteiger partial charge on any atom is 0.337 e. The standard InChI is InChI=1S/C17H15BrN2O4/c1-22-14-8-10(6-11(18)15(14)23-2)16-19-12-5-4-9(17(21)24-3)7-13(12)20-16/h4-8H,1-3H3,(H,19,20).